The lowest BCUT2D eigenvalue weighted by Crippen LogP contribution is -2.39. The summed E-state index contributed by atoms with van der Waals surface area (Å²) in [7, 11) is 1.49. The van der Waals surface area contributed by atoms with Crippen LogP contribution in [0.15, 0.2) is 42.5 Å². The summed E-state index contributed by atoms with van der Waals surface area (Å²) < 4.78 is 38.2. The van der Waals surface area contributed by atoms with Gasteiger partial charge in [-0.2, -0.15) is 0 Å². The van der Waals surface area contributed by atoms with Crippen molar-refractivity contribution in [2.45, 2.75) is 6.92 Å². The monoisotopic (exact) mass is 378 g/mol. The van der Waals surface area contributed by atoms with Crippen LogP contribution in [0.5, 0.6) is 11.5 Å². The third-order valence-electron chi connectivity index (χ3n) is 3.67. The van der Waals surface area contributed by atoms with Crippen molar-refractivity contribution < 1.29 is 27.8 Å². The largest absolute Gasteiger partial charge is 0.493 e. The van der Waals surface area contributed by atoms with E-state index in [1.807, 2.05) is 0 Å². The van der Waals surface area contributed by atoms with Crippen molar-refractivity contribution in [3.63, 3.8) is 0 Å². The van der Waals surface area contributed by atoms with Gasteiger partial charge < -0.3 is 19.7 Å². The van der Waals surface area contributed by atoms with Gasteiger partial charge in [0.15, 0.2) is 18.1 Å². The summed E-state index contributed by atoms with van der Waals surface area (Å²) in [5, 5.41) is 2.54. The van der Waals surface area contributed by atoms with Gasteiger partial charge in [-0.15, -0.1) is 0 Å². The molecule has 2 amide bonds. The van der Waals surface area contributed by atoms with Gasteiger partial charge in [-0.1, -0.05) is 18.2 Å². The van der Waals surface area contributed by atoms with E-state index in [2.05, 4.69) is 5.32 Å². The van der Waals surface area contributed by atoms with Gasteiger partial charge in [-0.05, 0) is 24.3 Å². The SMILES string of the molecule is COc1ccccc1OCC(=O)NCCN(C(C)=O)c1c(F)cccc1F. The van der Waals surface area contributed by atoms with E-state index in [1.165, 1.54) is 20.1 Å². The number of hydrogen-bond acceptors (Lipinski definition) is 4. The smallest absolute Gasteiger partial charge is 0.258 e. The second kappa shape index (κ2) is 9.51. The van der Waals surface area contributed by atoms with Crippen molar-refractivity contribution >= 4 is 17.5 Å². The van der Waals surface area contributed by atoms with Crippen LogP contribution in [-0.2, 0) is 9.59 Å². The number of halogens is 2. The average Bonchev–Trinajstić information content (AvgIpc) is 2.64. The van der Waals surface area contributed by atoms with Gasteiger partial charge in [0.25, 0.3) is 5.91 Å². The van der Waals surface area contributed by atoms with Crippen LogP contribution in [0.25, 0.3) is 0 Å². The molecule has 144 valence electrons. The van der Waals surface area contributed by atoms with E-state index < -0.39 is 29.1 Å². The normalized spacial score (nSPS) is 10.2. The minimum Gasteiger partial charge on any atom is -0.493 e. The molecule has 2 aromatic carbocycles. The topological polar surface area (TPSA) is 67.9 Å². The number of carbonyl (C=O) groups is 2. The van der Waals surface area contributed by atoms with Crippen molar-refractivity contribution in [1.82, 2.24) is 5.32 Å². The van der Waals surface area contributed by atoms with Crippen molar-refractivity contribution in [3.8, 4) is 11.5 Å². The van der Waals surface area contributed by atoms with Gasteiger partial charge in [0.1, 0.15) is 17.3 Å². The predicted molar refractivity (Wildman–Crippen MR) is 95.9 cm³/mol. The Morgan fingerprint density at radius 3 is 2.26 bits per heavy atom. The molecule has 0 aliphatic carbocycles. The van der Waals surface area contributed by atoms with Gasteiger partial charge in [0.2, 0.25) is 5.91 Å². The third-order valence-corrected chi connectivity index (χ3v) is 3.67. The standard InChI is InChI=1S/C19H20F2N2O4/c1-13(24)23(19-14(20)6-5-7-15(19)21)11-10-22-18(25)12-27-17-9-4-3-8-16(17)26-2/h3-9H,10-12H2,1-2H3,(H,22,25). The Labute approximate surface area is 155 Å². The summed E-state index contributed by atoms with van der Waals surface area (Å²) in [6.07, 6.45) is 0. The molecule has 0 aliphatic heterocycles. The first kappa shape index (κ1) is 20.2. The van der Waals surface area contributed by atoms with Crippen LogP contribution in [0.1, 0.15) is 6.92 Å². The van der Waals surface area contributed by atoms with Crippen molar-refractivity contribution in [2.75, 3.05) is 31.7 Å². The Morgan fingerprint density at radius 2 is 1.67 bits per heavy atom. The number of nitrogens with zero attached hydrogens (tertiary/aromatic N) is 1. The fourth-order valence-electron chi connectivity index (χ4n) is 2.41. The molecule has 0 spiro atoms. The second-order valence-corrected chi connectivity index (χ2v) is 5.53. The lowest BCUT2D eigenvalue weighted by molar-refractivity contribution is -0.123. The van der Waals surface area contributed by atoms with E-state index in [9.17, 15) is 18.4 Å². The third kappa shape index (κ3) is 5.40. The number of rotatable bonds is 8. The fourth-order valence-corrected chi connectivity index (χ4v) is 2.41. The Balaban J connectivity index is 1.89. The van der Waals surface area contributed by atoms with E-state index in [4.69, 9.17) is 9.47 Å². The van der Waals surface area contributed by atoms with Crippen LogP contribution >= 0.6 is 0 Å². The van der Waals surface area contributed by atoms with Gasteiger partial charge >= 0.3 is 0 Å². The van der Waals surface area contributed by atoms with Crippen molar-refractivity contribution in [2.24, 2.45) is 0 Å². The zero-order valence-electron chi connectivity index (χ0n) is 15.0. The number of carbonyl (C=O) groups excluding carboxylic acids is 2. The van der Waals surface area contributed by atoms with Crippen LogP contribution in [0, 0.1) is 11.6 Å². The van der Waals surface area contributed by atoms with Crippen LogP contribution in [0.4, 0.5) is 14.5 Å². The number of benzene rings is 2. The number of para-hydroxylation sites is 3. The van der Waals surface area contributed by atoms with Gasteiger partial charge in [-0.3, -0.25) is 9.59 Å². The molecule has 27 heavy (non-hydrogen) atoms. The average molecular weight is 378 g/mol. The molecule has 0 bridgehead atoms. The lowest BCUT2D eigenvalue weighted by atomic mass is 10.2. The van der Waals surface area contributed by atoms with E-state index in [0.29, 0.717) is 11.5 Å². The summed E-state index contributed by atoms with van der Waals surface area (Å²) >= 11 is 0. The predicted octanol–water partition coefficient (Wildman–Crippen LogP) is 2.52. The minimum absolute atomic E-state index is 0.00146. The van der Waals surface area contributed by atoms with E-state index in [-0.39, 0.29) is 19.7 Å². The number of ether oxygens (including phenoxy) is 2. The Kier molecular flexibility index (Phi) is 7.10. The molecular formula is C19H20F2N2O4. The molecule has 0 radical (unpaired) electrons. The maximum Gasteiger partial charge on any atom is 0.258 e. The zero-order valence-corrected chi connectivity index (χ0v) is 15.0. The quantitative estimate of drug-likeness (QED) is 0.767. The van der Waals surface area contributed by atoms with Crippen LogP contribution < -0.4 is 19.7 Å². The minimum atomic E-state index is -0.851. The number of hydrogen-bond donors (Lipinski definition) is 1. The highest BCUT2D eigenvalue weighted by atomic mass is 19.1. The van der Waals surface area contributed by atoms with Crippen LogP contribution in [-0.4, -0.2) is 38.6 Å². The molecule has 2 aromatic rings. The summed E-state index contributed by atoms with van der Waals surface area (Å²) in [5.74, 6) is -1.79. The Bertz CT molecular complexity index is 794. The number of methoxy groups -OCH3 is 1. The maximum atomic E-state index is 13.9. The Morgan fingerprint density at radius 1 is 1.04 bits per heavy atom. The van der Waals surface area contributed by atoms with Crippen molar-refractivity contribution in [1.29, 1.82) is 0 Å². The first-order valence-electron chi connectivity index (χ1n) is 8.18. The van der Waals surface area contributed by atoms with E-state index in [1.54, 1.807) is 24.3 Å². The molecule has 8 heteroatoms. The molecule has 0 fully saturated rings. The highest BCUT2D eigenvalue weighted by molar-refractivity contribution is 5.91. The summed E-state index contributed by atoms with van der Waals surface area (Å²) in [6.45, 7) is 0.835. The molecule has 0 atom stereocenters. The first-order chi connectivity index (χ1) is 12.9. The summed E-state index contributed by atoms with van der Waals surface area (Å²) in [5.41, 5.74) is -0.440. The molecule has 0 aliphatic rings. The van der Waals surface area contributed by atoms with Gasteiger partial charge in [0.05, 0.1) is 7.11 Å². The molecule has 6 nitrogen and oxygen atoms in total. The van der Waals surface area contributed by atoms with E-state index in [0.717, 1.165) is 17.0 Å². The molecule has 0 unspecified atom stereocenters. The summed E-state index contributed by atoms with van der Waals surface area (Å²) in [6, 6.07) is 10.2. The Hall–Kier alpha value is -3.16. The molecule has 0 saturated carbocycles. The number of anilines is 1. The number of amides is 2. The van der Waals surface area contributed by atoms with Crippen LogP contribution in [0.3, 0.4) is 0 Å². The van der Waals surface area contributed by atoms with Crippen LogP contribution in [0.2, 0.25) is 0 Å². The maximum absolute atomic E-state index is 13.9. The van der Waals surface area contributed by atoms with Gasteiger partial charge in [-0.25, -0.2) is 8.78 Å². The molecule has 0 aromatic heterocycles. The fraction of sp³-hybridized carbons (Fsp3) is 0.263. The highest BCUT2D eigenvalue weighted by Crippen LogP contribution is 2.25. The molecule has 2 rings (SSSR count). The number of nitrogens with one attached hydrogen (secondary N) is 1. The van der Waals surface area contributed by atoms with Crippen molar-refractivity contribution in [3.05, 3.63) is 54.1 Å². The van der Waals surface area contributed by atoms with E-state index >= 15 is 0 Å². The molecule has 0 heterocycles. The van der Waals surface area contributed by atoms with Gasteiger partial charge in [0, 0.05) is 20.0 Å². The zero-order chi connectivity index (χ0) is 19.8. The highest BCUT2D eigenvalue weighted by Gasteiger charge is 2.20. The second-order valence-electron chi connectivity index (χ2n) is 5.53. The summed E-state index contributed by atoms with van der Waals surface area (Å²) in [4.78, 5) is 24.6. The lowest BCUT2D eigenvalue weighted by Gasteiger charge is -2.22. The molecule has 1 N–H and O–H groups in total. The molecule has 0 saturated heterocycles. The molecular weight excluding hydrogens is 358 g/mol. The first-order valence-corrected chi connectivity index (χ1v) is 8.18.